The van der Waals surface area contributed by atoms with Crippen LogP contribution < -0.4 is 25.6 Å². The molecule has 0 aliphatic rings. The molecule has 46 heavy (non-hydrogen) atoms. The van der Waals surface area contributed by atoms with Gasteiger partial charge in [0.05, 0.1) is 23.7 Å². The summed E-state index contributed by atoms with van der Waals surface area (Å²) in [5.74, 6) is -0.639. The Morgan fingerprint density at radius 2 is 1.70 bits per heavy atom. The molecule has 0 fully saturated rings. The second kappa shape index (κ2) is 15.2. The minimum absolute atomic E-state index is 0.116. The van der Waals surface area contributed by atoms with Crippen molar-refractivity contribution >= 4 is 50.6 Å². The lowest BCUT2D eigenvalue weighted by molar-refractivity contribution is -0.117. The molecule has 0 bridgehead atoms. The first-order valence-electron chi connectivity index (χ1n) is 14.6. The molecule has 4 N–H and O–H groups in total. The number of carbonyl (C=O) groups excluding carboxylic acids is 3. The van der Waals surface area contributed by atoms with E-state index >= 15 is 0 Å². The Morgan fingerprint density at radius 3 is 2.30 bits per heavy atom. The standard InChI is InChI=1S/C32H39N7O5S2/c1-21-13-29(38(3)37-21)36-30(40)22(2)33-19-27(14-24-11-12-45-20-24)35-32(42)26-15-25(16-28(17-26)39(4)46(5,43)44)31(41)34-18-23-9-7-6-8-10-23/h6-13,15-17,20,22,27,33H,14,18-19H2,1-5H3,(H,34,41)(H,35,42)(H,36,40)/t22-,27-/m0/s1. The van der Waals surface area contributed by atoms with Crippen molar-refractivity contribution in [2.75, 3.05) is 29.5 Å². The van der Waals surface area contributed by atoms with E-state index < -0.39 is 33.9 Å². The average molecular weight is 666 g/mol. The topological polar surface area (TPSA) is 155 Å². The van der Waals surface area contributed by atoms with Gasteiger partial charge < -0.3 is 21.3 Å². The van der Waals surface area contributed by atoms with Crippen LogP contribution in [0.4, 0.5) is 11.5 Å². The van der Waals surface area contributed by atoms with E-state index in [2.05, 4.69) is 26.4 Å². The average Bonchev–Trinajstić information content (AvgIpc) is 3.65. The molecule has 0 saturated heterocycles. The fraction of sp³-hybridized carbons (Fsp3) is 0.312. The van der Waals surface area contributed by atoms with Crippen molar-refractivity contribution in [3.05, 3.63) is 99.4 Å². The Morgan fingerprint density at radius 1 is 1.00 bits per heavy atom. The summed E-state index contributed by atoms with van der Waals surface area (Å²) in [7, 11) is -0.580. The highest BCUT2D eigenvalue weighted by Gasteiger charge is 2.22. The molecule has 0 radical (unpaired) electrons. The van der Waals surface area contributed by atoms with Crippen molar-refractivity contribution in [3.63, 3.8) is 0 Å². The quantitative estimate of drug-likeness (QED) is 0.161. The number of thiophene rings is 1. The number of hydrogen-bond donors (Lipinski definition) is 4. The lowest BCUT2D eigenvalue weighted by atomic mass is 10.0. The number of rotatable bonds is 14. The molecule has 2 aromatic heterocycles. The zero-order valence-corrected chi connectivity index (χ0v) is 28.0. The Balaban J connectivity index is 1.52. The lowest BCUT2D eigenvalue weighted by Crippen LogP contribution is -2.48. The lowest BCUT2D eigenvalue weighted by Gasteiger charge is -2.23. The van der Waals surface area contributed by atoms with Crippen LogP contribution in [0.25, 0.3) is 0 Å². The minimum atomic E-state index is -3.69. The van der Waals surface area contributed by atoms with Gasteiger partial charge in [-0.05, 0) is 66.4 Å². The van der Waals surface area contributed by atoms with Gasteiger partial charge in [-0.15, -0.1) is 0 Å². The van der Waals surface area contributed by atoms with Crippen molar-refractivity contribution in [2.45, 2.75) is 38.9 Å². The van der Waals surface area contributed by atoms with Crippen molar-refractivity contribution in [2.24, 2.45) is 7.05 Å². The van der Waals surface area contributed by atoms with Crippen LogP contribution >= 0.6 is 11.3 Å². The Labute approximate surface area is 273 Å². The normalized spacial score (nSPS) is 12.6. The highest BCUT2D eigenvalue weighted by Crippen LogP contribution is 2.21. The second-order valence-electron chi connectivity index (χ2n) is 11.1. The zero-order valence-electron chi connectivity index (χ0n) is 26.4. The summed E-state index contributed by atoms with van der Waals surface area (Å²) in [6.45, 7) is 4.08. The van der Waals surface area contributed by atoms with Crippen LogP contribution in [0.2, 0.25) is 0 Å². The number of benzene rings is 2. The fourth-order valence-electron chi connectivity index (χ4n) is 4.64. The number of hydrogen-bond acceptors (Lipinski definition) is 8. The fourth-order valence-corrected chi connectivity index (χ4v) is 5.81. The molecule has 244 valence electrons. The maximum atomic E-state index is 13.7. The monoisotopic (exact) mass is 665 g/mol. The smallest absolute Gasteiger partial charge is 0.251 e. The molecule has 14 heteroatoms. The third-order valence-electron chi connectivity index (χ3n) is 7.31. The minimum Gasteiger partial charge on any atom is -0.348 e. The van der Waals surface area contributed by atoms with Crippen LogP contribution in [-0.4, -0.2) is 67.9 Å². The number of nitrogens with zero attached hydrogens (tertiary/aromatic N) is 3. The van der Waals surface area contributed by atoms with Gasteiger partial charge in [-0.25, -0.2) is 8.42 Å². The van der Waals surface area contributed by atoms with E-state index in [1.54, 1.807) is 24.7 Å². The Hall–Kier alpha value is -4.53. The van der Waals surface area contributed by atoms with Crippen LogP contribution in [0.3, 0.4) is 0 Å². The van der Waals surface area contributed by atoms with Gasteiger partial charge >= 0.3 is 0 Å². The number of amides is 3. The first-order valence-corrected chi connectivity index (χ1v) is 17.4. The van der Waals surface area contributed by atoms with E-state index in [9.17, 15) is 22.8 Å². The van der Waals surface area contributed by atoms with Gasteiger partial charge in [0.15, 0.2) is 0 Å². The van der Waals surface area contributed by atoms with Gasteiger partial charge in [0, 0.05) is 50.4 Å². The third kappa shape index (κ3) is 9.49. The Kier molecular flexibility index (Phi) is 11.3. The van der Waals surface area contributed by atoms with Gasteiger partial charge in [0.2, 0.25) is 15.9 Å². The van der Waals surface area contributed by atoms with Crippen LogP contribution in [0.1, 0.15) is 44.5 Å². The summed E-state index contributed by atoms with van der Waals surface area (Å²) in [6.07, 6.45) is 1.52. The zero-order chi connectivity index (χ0) is 33.4. The van der Waals surface area contributed by atoms with Gasteiger partial charge in [0.25, 0.3) is 11.8 Å². The highest BCUT2D eigenvalue weighted by molar-refractivity contribution is 7.92. The summed E-state index contributed by atoms with van der Waals surface area (Å²) < 4.78 is 27.4. The number of anilines is 2. The van der Waals surface area contributed by atoms with Gasteiger partial charge in [-0.1, -0.05) is 30.3 Å². The van der Waals surface area contributed by atoms with E-state index in [1.807, 2.05) is 54.1 Å². The van der Waals surface area contributed by atoms with E-state index in [-0.39, 0.29) is 35.8 Å². The van der Waals surface area contributed by atoms with Crippen molar-refractivity contribution in [1.82, 2.24) is 25.7 Å². The molecule has 3 amide bonds. The second-order valence-corrected chi connectivity index (χ2v) is 13.9. The number of carbonyl (C=O) groups is 3. The molecule has 4 rings (SSSR count). The molecule has 2 heterocycles. The molecule has 0 unspecified atom stereocenters. The Bertz CT molecular complexity index is 1770. The molecule has 0 saturated carbocycles. The maximum Gasteiger partial charge on any atom is 0.251 e. The van der Waals surface area contributed by atoms with Gasteiger partial charge in [0.1, 0.15) is 5.82 Å². The van der Waals surface area contributed by atoms with E-state index in [1.165, 1.54) is 36.6 Å². The van der Waals surface area contributed by atoms with E-state index in [0.717, 1.165) is 27.4 Å². The summed E-state index contributed by atoms with van der Waals surface area (Å²) >= 11 is 1.53. The molecule has 2 aromatic carbocycles. The third-order valence-corrected chi connectivity index (χ3v) is 9.25. The summed E-state index contributed by atoms with van der Waals surface area (Å²) in [6, 6.07) is 16.4. The molecule has 0 aliphatic carbocycles. The van der Waals surface area contributed by atoms with E-state index in [0.29, 0.717) is 12.2 Å². The SMILES string of the molecule is Cc1cc(NC(=O)[C@H](C)NC[C@H](Cc2ccsc2)NC(=O)c2cc(C(=O)NCc3ccccc3)cc(N(C)S(C)(=O)=O)c2)n(C)n1. The van der Waals surface area contributed by atoms with Gasteiger partial charge in [-0.3, -0.25) is 23.4 Å². The molecule has 0 spiro atoms. The molecule has 4 aromatic rings. The van der Waals surface area contributed by atoms with Crippen LogP contribution in [0.5, 0.6) is 0 Å². The van der Waals surface area contributed by atoms with Crippen molar-refractivity contribution in [3.8, 4) is 0 Å². The molecule has 2 atom stereocenters. The number of nitrogens with one attached hydrogen (secondary N) is 4. The van der Waals surface area contributed by atoms with Crippen molar-refractivity contribution in [1.29, 1.82) is 0 Å². The van der Waals surface area contributed by atoms with Crippen molar-refractivity contribution < 1.29 is 22.8 Å². The summed E-state index contributed by atoms with van der Waals surface area (Å²) in [4.78, 5) is 39.8. The predicted octanol–water partition coefficient (Wildman–Crippen LogP) is 3.07. The first-order chi connectivity index (χ1) is 21.8. The predicted molar refractivity (Wildman–Crippen MR) is 181 cm³/mol. The highest BCUT2D eigenvalue weighted by atomic mass is 32.2. The van der Waals surface area contributed by atoms with Crippen LogP contribution in [0, 0.1) is 6.92 Å². The van der Waals surface area contributed by atoms with Gasteiger partial charge in [-0.2, -0.15) is 16.4 Å². The largest absolute Gasteiger partial charge is 0.348 e. The van der Waals surface area contributed by atoms with E-state index in [4.69, 9.17) is 0 Å². The molecular weight excluding hydrogens is 627 g/mol. The maximum absolute atomic E-state index is 13.7. The first kappa shape index (κ1) is 34.3. The number of aryl methyl sites for hydroxylation is 2. The molecule has 0 aliphatic heterocycles. The number of sulfonamides is 1. The summed E-state index contributed by atoms with van der Waals surface area (Å²) in [5, 5.41) is 20.1. The number of aromatic nitrogens is 2. The summed E-state index contributed by atoms with van der Waals surface area (Å²) in [5.41, 5.74) is 3.10. The molecule has 12 nitrogen and oxygen atoms in total. The van der Waals surface area contributed by atoms with Crippen LogP contribution in [0.15, 0.2) is 71.4 Å². The van der Waals surface area contributed by atoms with Crippen LogP contribution in [-0.2, 0) is 34.8 Å². The molecular formula is C32H39N7O5S2.